The number of pyridine rings is 1. The fraction of sp³-hybridized carbons (Fsp3) is 0.273. The van der Waals surface area contributed by atoms with E-state index in [-0.39, 0.29) is 18.1 Å². The van der Waals surface area contributed by atoms with Crippen molar-refractivity contribution in [1.82, 2.24) is 19.9 Å². The number of hydrogen-bond acceptors (Lipinski definition) is 5. The molecular weight excluding hydrogens is 388 g/mol. The predicted octanol–water partition coefficient (Wildman–Crippen LogP) is 4.26. The molecule has 0 N–H and O–H groups in total. The summed E-state index contributed by atoms with van der Waals surface area (Å²) in [5.41, 5.74) is 1.32. The van der Waals surface area contributed by atoms with Crippen molar-refractivity contribution in [3.05, 3.63) is 71.6 Å². The topological polar surface area (TPSA) is 68.2 Å². The normalized spacial score (nSPS) is 19.0. The average Bonchev–Trinajstić information content (AvgIpc) is 2.77. The molecule has 1 aliphatic rings. The van der Waals surface area contributed by atoms with E-state index < -0.39 is 0 Å². The van der Waals surface area contributed by atoms with Gasteiger partial charge in [-0.3, -0.25) is 4.79 Å². The van der Waals surface area contributed by atoms with Crippen LogP contribution >= 0.6 is 11.6 Å². The summed E-state index contributed by atoms with van der Waals surface area (Å²) >= 11 is 5.90. The largest absolute Gasteiger partial charge is 0.472 e. The van der Waals surface area contributed by atoms with Crippen LogP contribution in [-0.2, 0) is 0 Å². The number of piperidine rings is 1. The van der Waals surface area contributed by atoms with Crippen molar-refractivity contribution in [3.63, 3.8) is 0 Å². The molecule has 1 saturated heterocycles. The zero-order chi connectivity index (χ0) is 20.2. The van der Waals surface area contributed by atoms with Gasteiger partial charge in [-0.15, -0.1) is 0 Å². The number of ether oxygens (including phenoxy) is 1. The summed E-state index contributed by atoms with van der Waals surface area (Å²) < 4.78 is 6.07. The lowest BCUT2D eigenvalue weighted by atomic mass is 9.97. The Morgan fingerprint density at radius 3 is 2.66 bits per heavy atom. The van der Waals surface area contributed by atoms with E-state index in [1.165, 1.54) is 0 Å². The van der Waals surface area contributed by atoms with Crippen LogP contribution in [-0.4, -0.2) is 44.4 Å². The van der Waals surface area contributed by atoms with Crippen LogP contribution in [0.1, 0.15) is 30.1 Å². The number of nitrogens with zero attached hydrogens (tertiary/aromatic N) is 4. The molecule has 3 aromatic rings. The molecular formula is C22H21ClN4O2. The summed E-state index contributed by atoms with van der Waals surface area (Å²) in [7, 11) is 0. The minimum Gasteiger partial charge on any atom is -0.472 e. The van der Waals surface area contributed by atoms with Crippen molar-refractivity contribution >= 4 is 17.5 Å². The Kier molecular flexibility index (Phi) is 5.71. The number of halogens is 1. The van der Waals surface area contributed by atoms with E-state index in [1.807, 2.05) is 36.1 Å². The van der Waals surface area contributed by atoms with Gasteiger partial charge in [-0.25, -0.2) is 15.0 Å². The average molecular weight is 409 g/mol. The van der Waals surface area contributed by atoms with Gasteiger partial charge in [0.05, 0.1) is 16.6 Å². The van der Waals surface area contributed by atoms with Gasteiger partial charge < -0.3 is 9.64 Å². The maximum Gasteiger partial charge on any atom is 0.254 e. The summed E-state index contributed by atoms with van der Waals surface area (Å²) in [6.07, 6.45) is 6.49. The zero-order valence-corrected chi connectivity index (χ0v) is 16.8. The molecule has 0 saturated carbocycles. The van der Waals surface area contributed by atoms with Crippen LogP contribution < -0.4 is 4.74 Å². The number of rotatable bonds is 4. The quantitative estimate of drug-likeness (QED) is 0.645. The molecule has 2 unspecified atom stereocenters. The van der Waals surface area contributed by atoms with Gasteiger partial charge in [-0.05, 0) is 38.0 Å². The van der Waals surface area contributed by atoms with Gasteiger partial charge in [0.25, 0.3) is 5.91 Å². The van der Waals surface area contributed by atoms with Crippen LogP contribution in [0.15, 0.2) is 61.1 Å². The summed E-state index contributed by atoms with van der Waals surface area (Å²) in [5, 5.41) is 0.561. The number of carbonyl (C=O) groups is 1. The third kappa shape index (κ3) is 4.22. The van der Waals surface area contributed by atoms with Gasteiger partial charge in [0, 0.05) is 36.8 Å². The lowest BCUT2D eigenvalue weighted by Gasteiger charge is -2.39. The molecule has 6 nitrogen and oxygen atoms in total. The van der Waals surface area contributed by atoms with E-state index >= 15 is 0 Å². The Balaban J connectivity index is 1.57. The second-order valence-corrected chi connectivity index (χ2v) is 7.41. The highest BCUT2D eigenvalue weighted by Gasteiger charge is 2.34. The third-order valence-electron chi connectivity index (χ3n) is 5.11. The first-order valence-corrected chi connectivity index (χ1v) is 9.97. The minimum absolute atomic E-state index is 0.0436. The first-order chi connectivity index (χ1) is 14.1. The van der Waals surface area contributed by atoms with Crippen molar-refractivity contribution in [1.29, 1.82) is 0 Å². The highest BCUT2D eigenvalue weighted by Crippen LogP contribution is 2.27. The molecule has 0 spiro atoms. The van der Waals surface area contributed by atoms with Crippen LogP contribution in [0.4, 0.5) is 0 Å². The molecule has 0 bridgehead atoms. The van der Waals surface area contributed by atoms with Gasteiger partial charge in [0.15, 0.2) is 5.82 Å². The maximum absolute atomic E-state index is 13.4. The number of benzene rings is 1. The van der Waals surface area contributed by atoms with Crippen molar-refractivity contribution in [2.45, 2.75) is 31.9 Å². The Morgan fingerprint density at radius 2 is 1.90 bits per heavy atom. The first-order valence-electron chi connectivity index (χ1n) is 9.59. The first kappa shape index (κ1) is 19.3. The van der Waals surface area contributed by atoms with E-state index in [9.17, 15) is 4.79 Å². The molecule has 1 fully saturated rings. The summed E-state index contributed by atoms with van der Waals surface area (Å²) in [5.74, 6) is 1.01. The van der Waals surface area contributed by atoms with Crippen LogP contribution in [0.2, 0.25) is 5.02 Å². The fourth-order valence-electron chi connectivity index (χ4n) is 3.60. The molecule has 1 amide bonds. The molecule has 1 aromatic carbocycles. The van der Waals surface area contributed by atoms with E-state index in [2.05, 4.69) is 15.0 Å². The lowest BCUT2D eigenvalue weighted by molar-refractivity contribution is 0.0267. The standard InChI is InChI=1S/C22H21ClN4O2/c1-15-19(29-20-10-9-16(23)14-26-20)8-4-13-27(15)22(28)18-7-3-2-6-17(18)21-24-11-5-12-25-21/h2-3,5-7,9-12,14-15,19H,4,8,13H2,1H3. The van der Waals surface area contributed by atoms with Gasteiger partial charge in [-0.1, -0.05) is 29.8 Å². The zero-order valence-electron chi connectivity index (χ0n) is 16.0. The van der Waals surface area contributed by atoms with Gasteiger partial charge >= 0.3 is 0 Å². The summed E-state index contributed by atoms with van der Waals surface area (Å²) in [6, 6.07) is 12.6. The van der Waals surface area contributed by atoms with E-state index in [0.717, 1.165) is 18.4 Å². The maximum atomic E-state index is 13.4. The second-order valence-electron chi connectivity index (χ2n) is 6.97. The minimum atomic E-state index is -0.137. The van der Waals surface area contributed by atoms with Crippen LogP contribution in [0.3, 0.4) is 0 Å². The number of hydrogen-bond donors (Lipinski definition) is 0. The highest BCUT2D eigenvalue weighted by atomic mass is 35.5. The lowest BCUT2D eigenvalue weighted by Crippen LogP contribution is -2.51. The van der Waals surface area contributed by atoms with Crippen molar-refractivity contribution in [2.24, 2.45) is 0 Å². The summed E-state index contributed by atoms with van der Waals surface area (Å²) in [6.45, 7) is 2.69. The van der Waals surface area contributed by atoms with Crippen LogP contribution in [0.25, 0.3) is 11.4 Å². The monoisotopic (exact) mass is 408 g/mol. The van der Waals surface area contributed by atoms with Gasteiger partial charge in [0.2, 0.25) is 5.88 Å². The third-order valence-corrected chi connectivity index (χ3v) is 5.34. The smallest absolute Gasteiger partial charge is 0.254 e. The Hall–Kier alpha value is -2.99. The fourth-order valence-corrected chi connectivity index (χ4v) is 3.71. The molecule has 2 aromatic heterocycles. The van der Waals surface area contributed by atoms with Crippen LogP contribution in [0.5, 0.6) is 5.88 Å². The number of likely N-dealkylation sites (tertiary alicyclic amines) is 1. The molecule has 7 heteroatoms. The van der Waals surface area contributed by atoms with Gasteiger partial charge in [0.1, 0.15) is 6.10 Å². The van der Waals surface area contributed by atoms with E-state index in [4.69, 9.17) is 16.3 Å². The molecule has 2 atom stereocenters. The van der Waals surface area contributed by atoms with Crippen molar-refractivity contribution < 1.29 is 9.53 Å². The molecule has 4 rings (SSSR count). The van der Waals surface area contributed by atoms with Crippen LogP contribution in [0, 0.1) is 0 Å². The molecule has 0 radical (unpaired) electrons. The second kappa shape index (κ2) is 8.57. The molecule has 3 heterocycles. The number of amides is 1. The summed E-state index contributed by atoms with van der Waals surface area (Å²) in [4.78, 5) is 28.1. The molecule has 1 aliphatic heterocycles. The van der Waals surface area contributed by atoms with E-state index in [0.29, 0.717) is 28.8 Å². The van der Waals surface area contributed by atoms with E-state index in [1.54, 1.807) is 36.8 Å². The highest BCUT2D eigenvalue weighted by molar-refractivity contribution is 6.30. The Labute approximate surface area is 174 Å². The van der Waals surface area contributed by atoms with Crippen molar-refractivity contribution in [3.8, 4) is 17.3 Å². The molecule has 0 aliphatic carbocycles. The molecule has 29 heavy (non-hydrogen) atoms. The SMILES string of the molecule is CC1C(Oc2ccc(Cl)cn2)CCCN1C(=O)c1ccccc1-c1ncccn1. The molecule has 148 valence electrons. The Bertz CT molecular complexity index is 982. The van der Waals surface area contributed by atoms with Gasteiger partial charge in [-0.2, -0.15) is 0 Å². The van der Waals surface area contributed by atoms with Crippen molar-refractivity contribution in [2.75, 3.05) is 6.54 Å². The number of carbonyl (C=O) groups excluding carboxylic acids is 1. The number of aromatic nitrogens is 3. The predicted molar refractivity (Wildman–Crippen MR) is 111 cm³/mol. The Morgan fingerprint density at radius 1 is 1.10 bits per heavy atom.